The number of carbonyl (C=O) groups excluding carboxylic acids is 1. The van der Waals surface area contributed by atoms with E-state index in [-0.39, 0.29) is 5.69 Å². The third-order valence-corrected chi connectivity index (χ3v) is 5.68. The van der Waals surface area contributed by atoms with E-state index in [9.17, 15) is 13.6 Å². The molecule has 1 heterocycles. The molecule has 4 rings (SSSR count). The largest absolute Gasteiger partial charge is 0.496 e. The van der Waals surface area contributed by atoms with Gasteiger partial charge in [-0.3, -0.25) is 4.79 Å². The van der Waals surface area contributed by atoms with E-state index in [0.29, 0.717) is 29.1 Å². The molecule has 0 saturated heterocycles. The zero-order chi connectivity index (χ0) is 25.1. The summed E-state index contributed by atoms with van der Waals surface area (Å²) < 4.78 is 43.7. The van der Waals surface area contributed by atoms with Gasteiger partial charge in [-0.2, -0.15) is 0 Å². The lowest BCUT2D eigenvalue weighted by molar-refractivity contribution is -0.111. The first kappa shape index (κ1) is 24.0. The Bertz CT molecular complexity index is 1420. The summed E-state index contributed by atoms with van der Waals surface area (Å²) in [6.45, 7) is 6.20. The third-order valence-electron chi connectivity index (χ3n) is 5.68. The average molecular weight is 478 g/mol. The number of aryl methyl sites for hydroxylation is 1. The standard InChI is InChI=1S/C28H25F2NO4/c1-5-34-20-9-6-18(7-10-20)23-15-35-28-17(3)27(33-4)21(14-22(23)28)16(2)12-26(32)31-19-8-11-24(29)25(30)13-19/h6-15H,5H2,1-4H3,(H,31,32)/b16-12+. The quantitative estimate of drug-likeness (QED) is 0.288. The van der Waals surface area contributed by atoms with E-state index in [1.807, 2.05) is 44.2 Å². The molecule has 1 amide bonds. The summed E-state index contributed by atoms with van der Waals surface area (Å²) >= 11 is 0. The van der Waals surface area contributed by atoms with E-state index >= 15 is 0 Å². The molecule has 0 bridgehead atoms. The van der Waals surface area contributed by atoms with Crippen LogP contribution in [0.4, 0.5) is 14.5 Å². The molecule has 0 fully saturated rings. The van der Waals surface area contributed by atoms with Gasteiger partial charge in [0.05, 0.1) is 20.0 Å². The van der Waals surface area contributed by atoms with E-state index in [0.717, 1.165) is 40.0 Å². The fraction of sp³-hybridized carbons (Fsp3) is 0.179. The molecule has 35 heavy (non-hydrogen) atoms. The molecule has 0 aliphatic rings. The molecule has 0 spiro atoms. The topological polar surface area (TPSA) is 60.7 Å². The lowest BCUT2D eigenvalue weighted by Crippen LogP contribution is -2.09. The third kappa shape index (κ3) is 4.89. The van der Waals surface area contributed by atoms with Crippen LogP contribution in [0.1, 0.15) is 25.0 Å². The minimum absolute atomic E-state index is 0.157. The Morgan fingerprint density at radius 3 is 2.49 bits per heavy atom. The molecular formula is C28H25F2NO4. The van der Waals surface area contributed by atoms with Crippen LogP contribution in [0.2, 0.25) is 0 Å². The van der Waals surface area contributed by atoms with Gasteiger partial charge in [-0.25, -0.2) is 8.78 Å². The number of furan rings is 1. The van der Waals surface area contributed by atoms with Gasteiger partial charge in [0.1, 0.15) is 17.1 Å². The highest BCUT2D eigenvalue weighted by molar-refractivity contribution is 6.06. The predicted octanol–water partition coefficient (Wildman–Crippen LogP) is 7.14. The van der Waals surface area contributed by atoms with Crippen LogP contribution in [0.25, 0.3) is 27.7 Å². The van der Waals surface area contributed by atoms with Gasteiger partial charge in [-0.15, -0.1) is 0 Å². The minimum Gasteiger partial charge on any atom is -0.496 e. The number of nitrogens with one attached hydrogen (secondary N) is 1. The zero-order valence-corrected chi connectivity index (χ0v) is 19.9. The van der Waals surface area contributed by atoms with Crippen molar-refractivity contribution in [1.29, 1.82) is 0 Å². The van der Waals surface area contributed by atoms with Crippen LogP contribution in [-0.4, -0.2) is 19.6 Å². The maximum Gasteiger partial charge on any atom is 0.248 e. The van der Waals surface area contributed by atoms with Gasteiger partial charge in [-0.05, 0) is 62.2 Å². The maximum atomic E-state index is 13.5. The number of rotatable bonds is 7. The van der Waals surface area contributed by atoms with Crippen molar-refractivity contribution in [2.45, 2.75) is 20.8 Å². The number of hydrogen-bond acceptors (Lipinski definition) is 4. The fourth-order valence-corrected chi connectivity index (χ4v) is 4.02. The van der Waals surface area contributed by atoms with E-state index in [1.165, 1.54) is 12.1 Å². The molecular weight excluding hydrogens is 452 g/mol. The van der Waals surface area contributed by atoms with Crippen molar-refractivity contribution < 1.29 is 27.5 Å². The molecule has 0 aliphatic carbocycles. The highest BCUT2D eigenvalue weighted by Gasteiger charge is 2.19. The fourth-order valence-electron chi connectivity index (χ4n) is 4.02. The second-order valence-corrected chi connectivity index (χ2v) is 8.01. The minimum atomic E-state index is -1.03. The van der Waals surface area contributed by atoms with Crippen molar-refractivity contribution >= 4 is 28.1 Å². The lowest BCUT2D eigenvalue weighted by Gasteiger charge is -2.13. The van der Waals surface area contributed by atoms with Crippen LogP contribution in [0.15, 0.2) is 65.3 Å². The molecule has 0 saturated carbocycles. The normalized spacial score (nSPS) is 11.5. The van der Waals surface area contributed by atoms with Crippen molar-refractivity contribution in [3.63, 3.8) is 0 Å². The molecule has 0 atom stereocenters. The number of amides is 1. The SMILES string of the molecule is CCOc1ccc(-c2coc3c(C)c(OC)c(/C(C)=C/C(=O)Nc4ccc(F)c(F)c4)cc23)cc1. The van der Waals surface area contributed by atoms with Gasteiger partial charge in [0, 0.05) is 39.9 Å². The van der Waals surface area contributed by atoms with E-state index in [4.69, 9.17) is 13.9 Å². The first-order valence-corrected chi connectivity index (χ1v) is 11.1. The summed E-state index contributed by atoms with van der Waals surface area (Å²) in [4.78, 5) is 12.6. The number of methoxy groups -OCH3 is 1. The van der Waals surface area contributed by atoms with Crippen LogP contribution >= 0.6 is 0 Å². The molecule has 180 valence electrons. The van der Waals surface area contributed by atoms with Crippen molar-refractivity contribution in [2.75, 3.05) is 19.0 Å². The van der Waals surface area contributed by atoms with Gasteiger partial charge in [0.2, 0.25) is 5.91 Å². The van der Waals surface area contributed by atoms with Gasteiger partial charge < -0.3 is 19.2 Å². The Balaban J connectivity index is 1.72. The molecule has 3 aromatic carbocycles. The lowest BCUT2D eigenvalue weighted by atomic mass is 9.96. The van der Waals surface area contributed by atoms with Crippen LogP contribution in [0.5, 0.6) is 11.5 Å². The molecule has 1 N–H and O–H groups in total. The summed E-state index contributed by atoms with van der Waals surface area (Å²) in [6.07, 6.45) is 3.09. The zero-order valence-electron chi connectivity index (χ0n) is 19.9. The van der Waals surface area contributed by atoms with E-state index in [2.05, 4.69) is 5.32 Å². The number of allylic oxidation sites excluding steroid dienone is 1. The van der Waals surface area contributed by atoms with Gasteiger partial charge in [0.25, 0.3) is 0 Å². The van der Waals surface area contributed by atoms with Crippen LogP contribution in [-0.2, 0) is 4.79 Å². The molecule has 4 aromatic rings. The highest BCUT2D eigenvalue weighted by atomic mass is 19.2. The predicted molar refractivity (Wildman–Crippen MR) is 133 cm³/mol. The van der Waals surface area contributed by atoms with Gasteiger partial charge in [-0.1, -0.05) is 12.1 Å². The summed E-state index contributed by atoms with van der Waals surface area (Å²) in [5.41, 5.74) is 4.84. The molecule has 0 unspecified atom stereocenters. The Hall–Kier alpha value is -4.13. The number of halogens is 2. The summed E-state index contributed by atoms with van der Waals surface area (Å²) in [5, 5.41) is 3.43. The Kier molecular flexibility index (Phi) is 6.87. The molecule has 5 nitrogen and oxygen atoms in total. The Morgan fingerprint density at radius 1 is 1.09 bits per heavy atom. The van der Waals surface area contributed by atoms with Crippen LogP contribution in [0.3, 0.4) is 0 Å². The smallest absolute Gasteiger partial charge is 0.248 e. The molecule has 7 heteroatoms. The van der Waals surface area contributed by atoms with Crippen LogP contribution in [0, 0.1) is 18.6 Å². The van der Waals surface area contributed by atoms with E-state index < -0.39 is 17.5 Å². The number of fused-ring (bicyclic) bond motifs is 1. The second kappa shape index (κ2) is 10.0. The first-order chi connectivity index (χ1) is 16.8. The number of ether oxygens (including phenoxy) is 2. The molecule has 0 radical (unpaired) electrons. The van der Waals surface area contributed by atoms with Crippen LogP contribution < -0.4 is 14.8 Å². The number of hydrogen-bond donors (Lipinski definition) is 1. The van der Waals surface area contributed by atoms with Gasteiger partial charge >= 0.3 is 0 Å². The summed E-state index contributed by atoms with van der Waals surface area (Å²) in [7, 11) is 1.56. The number of carbonyl (C=O) groups is 1. The average Bonchev–Trinajstić information content (AvgIpc) is 3.26. The number of benzene rings is 3. The van der Waals surface area contributed by atoms with Crippen molar-refractivity contribution in [2.24, 2.45) is 0 Å². The van der Waals surface area contributed by atoms with Gasteiger partial charge in [0.15, 0.2) is 11.6 Å². The van der Waals surface area contributed by atoms with Crippen molar-refractivity contribution in [3.8, 4) is 22.6 Å². The van der Waals surface area contributed by atoms with Crippen molar-refractivity contribution in [3.05, 3.63) is 83.6 Å². The highest BCUT2D eigenvalue weighted by Crippen LogP contribution is 2.40. The maximum absolute atomic E-state index is 13.5. The second-order valence-electron chi connectivity index (χ2n) is 8.01. The van der Waals surface area contributed by atoms with Crippen molar-refractivity contribution in [1.82, 2.24) is 0 Å². The summed E-state index contributed by atoms with van der Waals surface area (Å²) in [6, 6.07) is 12.9. The number of anilines is 1. The Labute approximate surface area is 202 Å². The Morgan fingerprint density at radius 2 is 1.83 bits per heavy atom. The summed E-state index contributed by atoms with van der Waals surface area (Å²) in [5.74, 6) is -1.13. The first-order valence-electron chi connectivity index (χ1n) is 11.1. The molecule has 0 aliphatic heterocycles. The molecule has 1 aromatic heterocycles. The monoisotopic (exact) mass is 477 g/mol. The van der Waals surface area contributed by atoms with E-state index in [1.54, 1.807) is 20.3 Å².